The number of hydrogen-bond acceptors (Lipinski definition) is 4. The SMILES string of the molecule is CCOc1ccc(CC(CNC(=O)c2cncc(F)c2)C(=O)O)cc1. The zero-order valence-corrected chi connectivity index (χ0v) is 13.7. The number of nitrogens with one attached hydrogen (secondary N) is 1. The molecule has 6 nitrogen and oxygen atoms in total. The van der Waals surface area contributed by atoms with E-state index < -0.39 is 23.6 Å². The average Bonchev–Trinajstić information content (AvgIpc) is 2.59. The molecule has 0 spiro atoms. The lowest BCUT2D eigenvalue weighted by Crippen LogP contribution is -2.34. The Labute approximate surface area is 144 Å². The van der Waals surface area contributed by atoms with Gasteiger partial charge in [-0.2, -0.15) is 0 Å². The minimum atomic E-state index is -1.02. The lowest BCUT2D eigenvalue weighted by molar-refractivity contribution is -0.141. The summed E-state index contributed by atoms with van der Waals surface area (Å²) < 4.78 is 18.4. The molecule has 0 aliphatic heterocycles. The monoisotopic (exact) mass is 346 g/mol. The van der Waals surface area contributed by atoms with Crippen LogP contribution in [0.25, 0.3) is 0 Å². The van der Waals surface area contributed by atoms with Crippen molar-refractivity contribution in [2.75, 3.05) is 13.2 Å². The van der Waals surface area contributed by atoms with Gasteiger partial charge in [0.15, 0.2) is 0 Å². The van der Waals surface area contributed by atoms with Crippen LogP contribution in [0.2, 0.25) is 0 Å². The number of nitrogens with zero attached hydrogens (tertiary/aromatic N) is 1. The van der Waals surface area contributed by atoms with Crippen LogP contribution in [0.5, 0.6) is 5.75 Å². The number of amides is 1. The Kier molecular flexibility index (Phi) is 6.45. The molecule has 1 aromatic carbocycles. The summed E-state index contributed by atoms with van der Waals surface area (Å²) in [6.07, 6.45) is 2.47. The molecule has 1 atom stereocenters. The Morgan fingerprint density at radius 1 is 1.28 bits per heavy atom. The van der Waals surface area contributed by atoms with Gasteiger partial charge in [-0.15, -0.1) is 0 Å². The minimum absolute atomic E-state index is 0.0465. The van der Waals surface area contributed by atoms with Crippen LogP contribution in [0.3, 0.4) is 0 Å². The van der Waals surface area contributed by atoms with Gasteiger partial charge in [-0.3, -0.25) is 14.6 Å². The number of carbonyl (C=O) groups excluding carboxylic acids is 1. The number of carboxylic acid groups (broad SMARTS) is 1. The van der Waals surface area contributed by atoms with Gasteiger partial charge in [0, 0.05) is 12.7 Å². The number of halogens is 1. The second kappa shape index (κ2) is 8.77. The van der Waals surface area contributed by atoms with Crippen LogP contribution in [-0.2, 0) is 11.2 Å². The first-order valence-corrected chi connectivity index (χ1v) is 7.83. The van der Waals surface area contributed by atoms with E-state index in [0.29, 0.717) is 12.4 Å². The highest BCUT2D eigenvalue weighted by Gasteiger charge is 2.19. The lowest BCUT2D eigenvalue weighted by atomic mass is 9.99. The molecule has 1 aromatic heterocycles. The molecule has 2 N–H and O–H groups in total. The molecule has 1 heterocycles. The highest BCUT2D eigenvalue weighted by atomic mass is 19.1. The Bertz CT molecular complexity index is 734. The van der Waals surface area contributed by atoms with Gasteiger partial charge in [0.2, 0.25) is 0 Å². The second-order valence-corrected chi connectivity index (χ2v) is 5.42. The summed E-state index contributed by atoms with van der Waals surface area (Å²) in [5.74, 6) is -2.30. The van der Waals surface area contributed by atoms with E-state index in [9.17, 15) is 19.1 Å². The van der Waals surface area contributed by atoms with E-state index in [2.05, 4.69) is 10.3 Å². The van der Waals surface area contributed by atoms with E-state index in [1.165, 1.54) is 6.20 Å². The summed E-state index contributed by atoms with van der Waals surface area (Å²) >= 11 is 0. The van der Waals surface area contributed by atoms with Gasteiger partial charge in [-0.05, 0) is 37.1 Å². The summed E-state index contributed by atoms with van der Waals surface area (Å²) in [6, 6.07) is 8.17. The molecule has 0 saturated heterocycles. The fraction of sp³-hybridized carbons (Fsp3) is 0.278. The quantitative estimate of drug-likeness (QED) is 0.766. The number of rotatable bonds is 8. The third kappa shape index (κ3) is 5.56. The van der Waals surface area contributed by atoms with Crippen molar-refractivity contribution in [1.29, 1.82) is 0 Å². The van der Waals surface area contributed by atoms with Crippen LogP contribution in [0.1, 0.15) is 22.8 Å². The Morgan fingerprint density at radius 2 is 2.00 bits per heavy atom. The number of carboxylic acids is 1. The maximum Gasteiger partial charge on any atom is 0.308 e. The number of aromatic nitrogens is 1. The summed E-state index contributed by atoms with van der Waals surface area (Å²) in [5, 5.41) is 11.9. The summed E-state index contributed by atoms with van der Waals surface area (Å²) in [6.45, 7) is 2.36. The minimum Gasteiger partial charge on any atom is -0.494 e. The molecule has 1 amide bonds. The Morgan fingerprint density at radius 3 is 2.60 bits per heavy atom. The number of aliphatic carboxylic acids is 1. The highest BCUT2D eigenvalue weighted by molar-refractivity contribution is 5.94. The molecule has 0 radical (unpaired) electrons. The second-order valence-electron chi connectivity index (χ2n) is 5.42. The maximum atomic E-state index is 13.1. The van der Waals surface area contributed by atoms with Crippen molar-refractivity contribution in [2.24, 2.45) is 5.92 Å². The van der Waals surface area contributed by atoms with Crippen molar-refractivity contribution in [3.05, 3.63) is 59.7 Å². The summed E-state index contributed by atoms with van der Waals surface area (Å²) in [7, 11) is 0. The van der Waals surface area contributed by atoms with E-state index in [1.54, 1.807) is 24.3 Å². The number of carbonyl (C=O) groups is 2. The topological polar surface area (TPSA) is 88.5 Å². The maximum absolute atomic E-state index is 13.1. The first-order chi connectivity index (χ1) is 12.0. The van der Waals surface area contributed by atoms with E-state index in [4.69, 9.17) is 4.74 Å². The largest absolute Gasteiger partial charge is 0.494 e. The molecule has 25 heavy (non-hydrogen) atoms. The molecule has 0 fully saturated rings. The van der Waals surface area contributed by atoms with Crippen LogP contribution in [-0.4, -0.2) is 35.1 Å². The van der Waals surface area contributed by atoms with Crippen LogP contribution in [0.4, 0.5) is 4.39 Å². The van der Waals surface area contributed by atoms with Gasteiger partial charge < -0.3 is 15.2 Å². The van der Waals surface area contributed by atoms with Gasteiger partial charge in [-0.1, -0.05) is 12.1 Å². The predicted octanol–water partition coefficient (Wildman–Crippen LogP) is 2.29. The third-order valence-corrected chi connectivity index (χ3v) is 3.54. The Balaban J connectivity index is 1.96. The predicted molar refractivity (Wildman–Crippen MR) is 89.0 cm³/mol. The molecule has 0 aliphatic rings. The van der Waals surface area contributed by atoms with Crippen molar-refractivity contribution >= 4 is 11.9 Å². The summed E-state index contributed by atoms with van der Waals surface area (Å²) in [5.41, 5.74) is 0.864. The number of benzene rings is 1. The first-order valence-electron chi connectivity index (χ1n) is 7.83. The highest BCUT2D eigenvalue weighted by Crippen LogP contribution is 2.15. The smallest absolute Gasteiger partial charge is 0.308 e. The third-order valence-electron chi connectivity index (χ3n) is 3.54. The standard InChI is InChI=1S/C18H19FN2O4/c1-2-25-16-5-3-12(4-6-16)7-14(18(23)24)10-21-17(22)13-8-15(19)11-20-9-13/h3-6,8-9,11,14H,2,7,10H2,1H3,(H,21,22)(H,23,24). The van der Waals surface area contributed by atoms with Gasteiger partial charge in [0.1, 0.15) is 11.6 Å². The van der Waals surface area contributed by atoms with Gasteiger partial charge >= 0.3 is 5.97 Å². The fourth-order valence-electron chi connectivity index (χ4n) is 2.27. The van der Waals surface area contributed by atoms with Crippen molar-refractivity contribution in [3.63, 3.8) is 0 Å². The lowest BCUT2D eigenvalue weighted by Gasteiger charge is -2.14. The molecule has 0 bridgehead atoms. The van der Waals surface area contributed by atoms with Crippen molar-refractivity contribution in [3.8, 4) is 5.75 Å². The molecular formula is C18H19FN2O4. The molecule has 0 aliphatic carbocycles. The number of pyridine rings is 1. The first kappa shape index (κ1) is 18.4. The number of ether oxygens (including phenoxy) is 1. The van der Waals surface area contributed by atoms with E-state index in [1.807, 2.05) is 6.92 Å². The zero-order chi connectivity index (χ0) is 18.2. The van der Waals surface area contributed by atoms with Crippen LogP contribution < -0.4 is 10.1 Å². The molecule has 1 unspecified atom stereocenters. The fourth-order valence-corrected chi connectivity index (χ4v) is 2.27. The van der Waals surface area contributed by atoms with Crippen molar-refractivity contribution in [1.82, 2.24) is 10.3 Å². The zero-order valence-electron chi connectivity index (χ0n) is 13.7. The van der Waals surface area contributed by atoms with Gasteiger partial charge in [-0.25, -0.2) is 4.39 Å². The van der Waals surface area contributed by atoms with Crippen molar-refractivity contribution < 1.29 is 23.8 Å². The number of hydrogen-bond donors (Lipinski definition) is 2. The molecular weight excluding hydrogens is 327 g/mol. The van der Waals surface area contributed by atoms with Crippen LogP contribution in [0, 0.1) is 11.7 Å². The van der Waals surface area contributed by atoms with E-state index in [-0.39, 0.29) is 18.5 Å². The van der Waals surface area contributed by atoms with Crippen molar-refractivity contribution in [2.45, 2.75) is 13.3 Å². The molecule has 2 rings (SSSR count). The molecule has 132 valence electrons. The molecule has 7 heteroatoms. The molecule has 0 saturated carbocycles. The molecule has 2 aromatic rings. The summed E-state index contributed by atoms with van der Waals surface area (Å²) in [4.78, 5) is 27.0. The van der Waals surface area contributed by atoms with E-state index in [0.717, 1.165) is 17.8 Å². The normalized spacial score (nSPS) is 11.6. The Hall–Kier alpha value is -2.96. The van der Waals surface area contributed by atoms with E-state index >= 15 is 0 Å². The van der Waals surface area contributed by atoms with Crippen LogP contribution >= 0.6 is 0 Å². The van der Waals surface area contributed by atoms with Gasteiger partial charge in [0.25, 0.3) is 5.91 Å². The van der Waals surface area contributed by atoms with Gasteiger partial charge in [0.05, 0.1) is 24.3 Å². The average molecular weight is 346 g/mol. The van der Waals surface area contributed by atoms with Crippen LogP contribution in [0.15, 0.2) is 42.7 Å².